The summed E-state index contributed by atoms with van der Waals surface area (Å²) in [6, 6.07) is 2.92. The third-order valence-corrected chi connectivity index (χ3v) is 3.60. The number of halogens is 2. The van der Waals surface area contributed by atoms with E-state index >= 15 is 0 Å². The van der Waals surface area contributed by atoms with Crippen molar-refractivity contribution in [1.82, 2.24) is 4.90 Å². The maximum atomic E-state index is 13.1. The average molecular weight is 268 g/mol. The highest BCUT2D eigenvalue weighted by Crippen LogP contribution is 2.21. The molecule has 2 unspecified atom stereocenters. The first kappa shape index (κ1) is 13.9. The molecular formula is C14H18F2N2O. The lowest BCUT2D eigenvalue weighted by Gasteiger charge is -2.34. The topological polar surface area (TPSA) is 46.3 Å². The lowest BCUT2D eigenvalue weighted by molar-refractivity contribution is 0.0660. The fraction of sp³-hybridized carbons (Fsp3) is 0.500. The molecule has 1 fully saturated rings. The summed E-state index contributed by atoms with van der Waals surface area (Å²) in [6.45, 7) is 3.08. The number of carbonyl (C=O) groups is 1. The zero-order valence-electron chi connectivity index (χ0n) is 10.9. The van der Waals surface area contributed by atoms with Crippen molar-refractivity contribution in [2.45, 2.75) is 25.8 Å². The van der Waals surface area contributed by atoms with Crippen molar-refractivity contribution in [2.75, 3.05) is 13.1 Å². The van der Waals surface area contributed by atoms with Gasteiger partial charge in [0.1, 0.15) is 11.6 Å². The maximum Gasteiger partial charge on any atom is 0.254 e. The Hall–Kier alpha value is -1.49. The van der Waals surface area contributed by atoms with Gasteiger partial charge in [-0.15, -0.1) is 0 Å². The molecule has 0 bridgehead atoms. The minimum Gasteiger partial charge on any atom is -0.338 e. The van der Waals surface area contributed by atoms with Crippen molar-refractivity contribution in [1.29, 1.82) is 0 Å². The first-order valence-corrected chi connectivity index (χ1v) is 6.48. The molecule has 1 aromatic rings. The second kappa shape index (κ2) is 5.65. The summed E-state index contributed by atoms with van der Waals surface area (Å²) in [4.78, 5) is 13.9. The summed E-state index contributed by atoms with van der Waals surface area (Å²) >= 11 is 0. The van der Waals surface area contributed by atoms with E-state index in [9.17, 15) is 13.6 Å². The smallest absolute Gasteiger partial charge is 0.254 e. The number of benzene rings is 1. The van der Waals surface area contributed by atoms with Crippen LogP contribution in [0.3, 0.4) is 0 Å². The van der Waals surface area contributed by atoms with Crippen LogP contribution in [0.25, 0.3) is 0 Å². The molecule has 1 aliphatic heterocycles. The molecule has 2 atom stereocenters. The highest BCUT2D eigenvalue weighted by molar-refractivity contribution is 5.94. The maximum absolute atomic E-state index is 13.1. The molecule has 0 aliphatic carbocycles. The first-order valence-electron chi connectivity index (χ1n) is 6.48. The van der Waals surface area contributed by atoms with Gasteiger partial charge in [-0.1, -0.05) is 0 Å². The van der Waals surface area contributed by atoms with Crippen LogP contribution in [0.1, 0.15) is 30.1 Å². The third kappa shape index (κ3) is 3.29. The first-order chi connectivity index (χ1) is 8.97. The predicted molar refractivity (Wildman–Crippen MR) is 68.6 cm³/mol. The lowest BCUT2D eigenvalue weighted by atomic mass is 9.92. The molecule has 5 heteroatoms. The second-order valence-electron chi connectivity index (χ2n) is 5.17. The third-order valence-electron chi connectivity index (χ3n) is 3.60. The van der Waals surface area contributed by atoms with Crippen LogP contribution in [0.2, 0.25) is 0 Å². The number of nitrogens with zero attached hydrogens (tertiary/aromatic N) is 1. The van der Waals surface area contributed by atoms with Crippen molar-refractivity contribution >= 4 is 5.91 Å². The average Bonchev–Trinajstić information content (AvgIpc) is 2.37. The molecule has 0 radical (unpaired) electrons. The number of piperidine rings is 1. The van der Waals surface area contributed by atoms with E-state index in [1.165, 1.54) is 0 Å². The monoisotopic (exact) mass is 268 g/mol. The number of likely N-dealkylation sites (tertiary alicyclic amines) is 1. The van der Waals surface area contributed by atoms with Crippen molar-refractivity contribution in [3.8, 4) is 0 Å². The van der Waals surface area contributed by atoms with Crippen molar-refractivity contribution in [3.63, 3.8) is 0 Å². The molecule has 104 valence electrons. The number of hydrogen-bond donors (Lipinski definition) is 1. The molecule has 1 amide bonds. The second-order valence-corrected chi connectivity index (χ2v) is 5.17. The number of nitrogens with two attached hydrogens (primary N) is 1. The molecule has 1 saturated heterocycles. The largest absolute Gasteiger partial charge is 0.338 e. The van der Waals surface area contributed by atoms with Gasteiger partial charge in [-0.3, -0.25) is 4.79 Å². The number of carbonyl (C=O) groups excluding carboxylic acids is 1. The van der Waals surface area contributed by atoms with Crippen LogP contribution in [0.5, 0.6) is 0 Å². The summed E-state index contributed by atoms with van der Waals surface area (Å²) in [5.41, 5.74) is 5.92. The summed E-state index contributed by atoms with van der Waals surface area (Å²) in [5.74, 6) is -1.55. The van der Waals surface area contributed by atoms with Crippen LogP contribution in [0.15, 0.2) is 18.2 Å². The van der Waals surface area contributed by atoms with Crippen molar-refractivity contribution in [2.24, 2.45) is 11.7 Å². The van der Waals surface area contributed by atoms with Gasteiger partial charge >= 0.3 is 0 Å². The SMILES string of the molecule is CC(N)C1CCCN(C(=O)c2cc(F)cc(F)c2)C1. The zero-order chi connectivity index (χ0) is 14.0. The van der Waals surface area contributed by atoms with E-state index in [1.54, 1.807) is 4.90 Å². The molecule has 1 aliphatic rings. The van der Waals surface area contributed by atoms with E-state index in [0.29, 0.717) is 13.1 Å². The van der Waals surface area contributed by atoms with Crippen LogP contribution in [-0.4, -0.2) is 29.9 Å². The fourth-order valence-electron chi connectivity index (χ4n) is 2.48. The summed E-state index contributed by atoms with van der Waals surface area (Å²) in [7, 11) is 0. The van der Waals surface area contributed by atoms with E-state index in [0.717, 1.165) is 31.0 Å². The van der Waals surface area contributed by atoms with Crippen LogP contribution < -0.4 is 5.73 Å². The minimum absolute atomic E-state index is 0.0137. The Morgan fingerprint density at radius 3 is 2.58 bits per heavy atom. The lowest BCUT2D eigenvalue weighted by Crippen LogP contribution is -2.45. The van der Waals surface area contributed by atoms with Gasteiger partial charge in [0, 0.05) is 30.8 Å². The minimum atomic E-state index is -0.732. The van der Waals surface area contributed by atoms with E-state index in [-0.39, 0.29) is 23.4 Å². The molecule has 0 aromatic heterocycles. The highest BCUT2D eigenvalue weighted by Gasteiger charge is 2.26. The molecule has 1 heterocycles. The van der Waals surface area contributed by atoms with Gasteiger partial charge < -0.3 is 10.6 Å². The molecular weight excluding hydrogens is 250 g/mol. The number of hydrogen-bond acceptors (Lipinski definition) is 2. The van der Waals surface area contributed by atoms with Gasteiger partial charge in [-0.05, 0) is 37.8 Å². The Morgan fingerprint density at radius 2 is 2.00 bits per heavy atom. The van der Waals surface area contributed by atoms with Gasteiger partial charge in [-0.25, -0.2) is 8.78 Å². The number of rotatable bonds is 2. The number of amides is 1. The van der Waals surface area contributed by atoms with Crippen LogP contribution >= 0.6 is 0 Å². The molecule has 0 saturated carbocycles. The summed E-state index contributed by atoms with van der Waals surface area (Å²) in [6.07, 6.45) is 1.86. The Kier molecular flexibility index (Phi) is 4.14. The van der Waals surface area contributed by atoms with E-state index in [2.05, 4.69) is 0 Å². The van der Waals surface area contributed by atoms with Gasteiger partial charge in [-0.2, -0.15) is 0 Å². The molecule has 0 spiro atoms. The van der Waals surface area contributed by atoms with Crippen LogP contribution in [-0.2, 0) is 0 Å². The molecule has 2 rings (SSSR count). The van der Waals surface area contributed by atoms with Crippen LogP contribution in [0.4, 0.5) is 8.78 Å². The normalized spacial score (nSPS) is 21.3. The molecule has 3 nitrogen and oxygen atoms in total. The Labute approximate surface area is 111 Å². The molecule has 1 aromatic carbocycles. The van der Waals surface area contributed by atoms with E-state index in [4.69, 9.17) is 5.73 Å². The van der Waals surface area contributed by atoms with Gasteiger partial charge in [0.2, 0.25) is 0 Å². The van der Waals surface area contributed by atoms with Crippen molar-refractivity contribution < 1.29 is 13.6 Å². The van der Waals surface area contributed by atoms with Crippen molar-refractivity contribution in [3.05, 3.63) is 35.4 Å². The van der Waals surface area contributed by atoms with E-state index in [1.807, 2.05) is 6.92 Å². The Morgan fingerprint density at radius 1 is 1.37 bits per heavy atom. The quantitative estimate of drug-likeness (QED) is 0.893. The standard InChI is InChI=1S/C14H18F2N2O/c1-9(17)10-3-2-4-18(8-10)14(19)11-5-12(15)7-13(16)6-11/h5-7,9-10H,2-4,8,17H2,1H3. The molecule has 2 N–H and O–H groups in total. The van der Waals surface area contributed by atoms with Gasteiger partial charge in [0.05, 0.1) is 0 Å². The zero-order valence-corrected chi connectivity index (χ0v) is 10.9. The summed E-state index contributed by atoms with van der Waals surface area (Å²) in [5, 5.41) is 0. The fourth-order valence-corrected chi connectivity index (χ4v) is 2.48. The molecule has 19 heavy (non-hydrogen) atoms. The predicted octanol–water partition coefficient (Wildman–Crippen LogP) is 2.16. The highest BCUT2D eigenvalue weighted by atomic mass is 19.1. The van der Waals surface area contributed by atoms with Gasteiger partial charge in [0.15, 0.2) is 0 Å². The van der Waals surface area contributed by atoms with E-state index < -0.39 is 11.6 Å². The Balaban J connectivity index is 2.14. The summed E-state index contributed by atoms with van der Waals surface area (Å²) < 4.78 is 26.3. The van der Waals surface area contributed by atoms with Gasteiger partial charge in [0.25, 0.3) is 5.91 Å². The van der Waals surface area contributed by atoms with Crippen LogP contribution in [0, 0.1) is 17.6 Å². The Bertz CT molecular complexity index is 456.